The first-order chi connectivity index (χ1) is 11.7. The van der Waals surface area contributed by atoms with Crippen LogP contribution in [0.4, 0.5) is 0 Å². The first kappa shape index (κ1) is 15.2. The highest BCUT2D eigenvalue weighted by atomic mass is 16.2. The number of H-pyrrole nitrogens is 1. The fraction of sp³-hybridized carbons (Fsp3) is 0.474. The molecule has 1 aliphatic heterocycles. The summed E-state index contributed by atoms with van der Waals surface area (Å²) in [6.45, 7) is 0. The average Bonchev–Trinajstić information content (AvgIpc) is 3.02. The highest BCUT2D eigenvalue weighted by molar-refractivity contribution is 5.97. The molecule has 0 bridgehead atoms. The minimum absolute atomic E-state index is 0.0219. The lowest BCUT2D eigenvalue weighted by molar-refractivity contribution is -0.138. The zero-order valence-corrected chi connectivity index (χ0v) is 13.7. The Labute approximate surface area is 141 Å². The molecule has 24 heavy (non-hydrogen) atoms. The van der Waals surface area contributed by atoms with Crippen molar-refractivity contribution in [3.8, 4) is 0 Å². The third-order valence-electron chi connectivity index (χ3n) is 5.43. The fourth-order valence-electron chi connectivity index (χ4n) is 4.11. The van der Waals surface area contributed by atoms with E-state index in [0.29, 0.717) is 6.42 Å². The van der Waals surface area contributed by atoms with Crippen molar-refractivity contribution in [3.63, 3.8) is 0 Å². The average molecular weight is 325 g/mol. The number of benzene rings is 1. The number of nitrogens with one attached hydrogen (secondary N) is 3. The van der Waals surface area contributed by atoms with Crippen LogP contribution in [0.1, 0.15) is 37.7 Å². The first-order valence-corrected chi connectivity index (χ1v) is 8.88. The van der Waals surface area contributed by atoms with Gasteiger partial charge >= 0.3 is 0 Å². The predicted molar refractivity (Wildman–Crippen MR) is 92.4 cm³/mol. The molecule has 1 aromatic carbocycles. The van der Waals surface area contributed by atoms with E-state index in [1.165, 1.54) is 6.42 Å². The number of aromatic amines is 1. The lowest BCUT2D eigenvalue weighted by atomic mass is 9.82. The molecular weight excluding hydrogens is 302 g/mol. The Bertz CT molecular complexity index is 761. The van der Waals surface area contributed by atoms with E-state index in [-0.39, 0.29) is 23.8 Å². The van der Waals surface area contributed by atoms with Crippen molar-refractivity contribution in [1.29, 1.82) is 0 Å². The number of aromatic nitrogens is 1. The van der Waals surface area contributed by atoms with Crippen LogP contribution in [-0.2, 0) is 16.0 Å². The van der Waals surface area contributed by atoms with Gasteiger partial charge in [0.1, 0.15) is 12.1 Å². The van der Waals surface area contributed by atoms with Crippen LogP contribution in [0, 0.1) is 5.92 Å². The van der Waals surface area contributed by atoms with Gasteiger partial charge in [0.05, 0.1) is 0 Å². The number of para-hydroxylation sites is 1. The zero-order valence-electron chi connectivity index (χ0n) is 13.7. The normalized spacial score (nSPS) is 25.5. The predicted octanol–water partition coefficient (Wildman–Crippen LogP) is 2.27. The monoisotopic (exact) mass is 325 g/mol. The van der Waals surface area contributed by atoms with Crippen molar-refractivity contribution in [2.24, 2.45) is 5.92 Å². The number of amides is 2. The highest BCUT2D eigenvalue weighted by Gasteiger charge is 2.38. The highest BCUT2D eigenvalue weighted by Crippen LogP contribution is 2.28. The number of fused-ring (bicyclic) bond motifs is 1. The smallest absolute Gasteiger partial charge is 0.243 e. The number of carbonyl (C=O) groups excluding carboxylic acids is 2. The molecule has 2 atom stereocenters. The third-order valence-corrected chi connectivity index (χ3v) is 5.43. The SMILES string of the molecule is O=C1N[C@@H](C2CCCCC2)C(=O)N[C@H]1Cc1c[nH]c2ccccc12. The first-order valence-electron chi connectivity index (χ1n) is 8.88. The second kappa shape index (κ2) is 6.30. The van der Waals surface area contributed by atoms with Crippen molar-refractivity contribution in [2.45, 2.75) is 50.6 Å². The number of rotatable bonds is 3. The molecule has 1 saturated carbocycles. The summed E-state index contributed by atoms with van der Waals surface area (Å²) in [5.41, 5.74) is 2.11. The Morgan fingerprint density at radius 3 is 2.58 bits per heavy atom. The van der Waals surface area contributed by atoms with Crippen molar-refractivity contribution in [3.05, 3.63) is 36.0 Å². The van der Waals surface area contributed by atoms with Crippen LogP contribution in [0.2, 0.25) is 0 Å². The van der Waals surface area contributed by atoms with E-state index in [0.717, 1.165) is 42.1 Å². The van der Waals surface area contributed by atoms with E-state index in [4.69, 9.17) is 0 Å². The zero-order chi connectivity index (χ0) is 16.5. The molecule has 1 saturated heterocycles. The Morgan fingerprint density at radius 2 is 1.75 bits per heavy atom. The summed E-state index contributed by atoms with van der Waals surface area (Å²) in [5.74, 6) is 0.207. The fourth-order valence-corrected chi connectivity index (χ4v) is 4.11. The summed E-state index contributed by atoms with van der Waals surface area (Å²) in [4.78, 5) is 28.2. The molecule has 2 heterocycles. The minimum atomic E-state index is -0.489. The summed E-state index contributed by atoms with van der Waals surface area (Å²) in [6.07, 6.45) is 8.06. The molecule has 126 valence electrons. The van der Waals surface area contributed by atoms with E-state index in [1.54, 1.807) is 0 Å². The molecule has 2 aromatic rings. The van der Waals surface area contributed by atoms with E-state index >= 15 is 0 Å². The quantitative estimate of drug-likeness (QED) is 0.810. The molecule has 0 spiro atoms. The van der Waals surface area contributed by atoms with Crippen molar-refractivity contribution in [2.75, 3.05) is 0 Å². The molecule has 3 N–H and O–H groups in total. The van der Waals surface area contributed by atoms with Crippen LogP contribution in [0.15, 0.2) is 30.5 Å². The molecule has 2 aliphatic rings. The Morgan fingerprint density at radius 1 is 0.958 bits per heavy atom. The summed E-state index contributed by atoms with van der Waals surface area (Å²) in [6, 6.07) is 7.17. The molecule has 5 nitrogen and oxygen atoms in total. The minimum Gasteiger partial charge on any atom is -0.361 e. The topological polar surface area (TPSA) is 74.0 Å². The largest absolute Gasteiger partial charge is 0.361 e. The molecule has 5 heteroatoms. The van der Waals surface area contributed by atoms with Crippen molar-refractivity contribution < 1.29 is 9.59 Å². The number of hydrogen-bond donors (Lipinski definition) is 3. The van der Waals surface area contributed by atoms with Crippen LogP contribution in [-0.4, -0.2) is 28.9 Å². The van der Waals surface area contributed by atoms with Crippen LogP contribution >= 0.6 is 0 Å². The van der Waals surface area contributed by atoms with E-state index in [2.05, 4.69) is 15.6 Å². The van der Waals surface area contributed by atoms with Crippen LogP contribution in [0.5, 0.6) is 0 Å². The number of carbonyl (C=O) groups is 2. The summed E-state index contributed by atoms with van der Waals surface area (Å²) < 4.78 is 0. The van der Waals surface area contributed by atoms with Gasteiger partial charge in [-0.3, -0.25) is 9.59 Å². The van der Waals surface area contributed by atoms with Gasteiger partial charge in [0, 0.05) is 23.5 Å². The van der Waals surface area contributed by atoms with Gasteiger partial charge < -0.3 is 15.6 Å². The van der Waals surface area contributed by atoms with E-state index in [1.807, 2.05) is 30.5 Å². The van der Waals surface area contributed by atoms with E-state index < -0.39 is 6.04 Å². The van der Waals surface area contributed by atoms with Gasteiger partial charge in [-0.25, -0.2) is 0 Å². The van der Waals surface area contributed by atoms with Gasteiger partial charge in [-0.1, -0.05) is 37.5 Å². The van der Waals surface area contributed by atoms with Gasteiger partial charge in [0.15, 0.2) is 0 Å². The molecule has 0 radical (unpaired) electrons. The molecule has 2 amide bonds. The van der Waals surface area contributed by atoms with Crippen molar-refractivity contribution in [1.82, 2.24) is 15.6 Å². The molecule has 2 fully saturated rings. The third kappa shape index (κ3) is 2.79. The molecule has 1 aliphatic carbocycles. The standard InChI is InChI=1S/C19H23N3O2/c23-18-16(10-13-11-20-15-9-5-4-8-14(13)15)21-19(24)17(22-18)12-6-2-1-3-7-12/h4-5,8-9,11-12,16-17,20H,1-3,6-7,10H2,(H,21,24)(H,22,23)/t16-,17-/m0/s1. The number of hydrogen-bond acceptors (Lipinski definition) is 2. The van der Waals surface area contributed by atoms with Gasteiger partial charge in [0.25, 0.3) is 0 Å². The van der Waals surface area contributed by atoms with Crippen LogP contribution in [0.3, 0.4) is 0 Å². The second-order valence-electron chi connectivity index (χ2n) is 7.01. The van der Waals surface area contributed by atoms with Crippen LogP contribution < -0.4 is 10.6 Å². The van der Waals surface area contributed by atoms with Gasteiger partial charge in [-0.15, -0.1) is 0 Å². The van der Waals surface area contributed by atoms with Crippen LogP contribution in [0.25, 0.3) is 10.9 Å². The van der Waals surface area contributed by atoms with E-state index in [9.17, 15) is 9.59 Å². The van der Waals surface area contributed by atoms with Gasteiger partial charge in [-0.05, 0) is 30.4 Å². The Kier molecular flexibility index (Phi) is 4.00. The summed E-state index contributed by atoms with van der Waals surface area (Å²) >= 11 is 0. The Balaban J connectivity index is 1.48. The molecule has 0 unspecified atom stereocenters. The molecular formula is C19H23N3O2. The number of piperazine rings is 1. The molecule has 4 rings (SSSR count). The maximum atomic E-state index is 12.5. The van der Waals surface area contributed by atoms with Crippen molar-refractivity contribution >= 4 is 22.7 Å². The van der Waals surface area contributed by atoms with Gasteiger partial charge in [-0.2, -0.15) is 0 Å². The maximum absolute atomic E-state index is 12.5. The lowest BCUT2D eigenvalue weighted by Crippen LogP contribution is -2.64. The van der Waals surface area contributed by atoms with Gasteiger partial charge in [0.2, 0.25) is 11.8 Å². The summed E-state index contributed by atoms with van der Waals surface area (Å²) in [7, 11) is 0. The maximum Gasteiger partial charge on any atom is 0.243 e. The summed E-state index contributed by atoms with van der Waals surface area (Å²) in [5, 5.41) is 7.04. The lowest BCUT2D eigenvalue weighted by Gasteiger charge is -2.35. The second-order valence-corrected chi connectivity index (χ2v) is 7.01. The molecule has 1 aromatic heterocycles. The Hall–Kier alpha value is -2.30.